The van der Waals surface area contributed by atoms with Crippen molar-refractivity contribution in [2.45, 2.75) is 63.7 Å². The van der Waals surface area contributed by atoms with Gasteiger partial charge in [-0.3, -0.25) is 15.1 Å². The van der Waals surface area contributed by atoms with E-state index < -0.39 is 46.7 Å². The van der Waals surface area contributed by atoms with Gasteiger partial charge in [0.15, 0.2) is 11.6 Å². The normalized spacial score (nSPS) is 24.1. The third-order valence-electron chi connectivity index (χ3n) is 6.97. The fourth-order valence-corrected chi connectivity index (χ4v) is 5.49. The Labute approximate surface area is 253 Å². The minimum Gasteiger partial charge on any atom is -0.490 e. The van der Waals surface area contributed by atoms with Crippen LogP contribution in [-0.4, -0.2) is 66.2 Å². The van der Waals surface area contributed by atoms with Gasteiger partial charge in [-0.2, -0.15) is 0 Å². The lowest BCUT2D eigenvalue weighted by atomic mass is 10.0. The minimum absolute atomic E-state index is 0.00739. The van der Waals surface area contributed by atoms with Gasteiger partial charge in [0.1, 0.15) is 42.6 Å². The Balaban J connectivity index is 1.33. The Bertz CT molecular complexity index is 1480. The Morgan fingerprint density at radius 2 is 1.70 bits per heavy atom. The number of methoxy groups -OCH3 is 1. The number of anilines is 1. The number of aromatic nitrogens is 1. The summed E-state index contributed by atoms with van der Waals surface area (Å²) in [6.07, 6.45) is -0.699. The fourth-order valence-electron chi connectivity index (χ4n) is 5.27. The topological polar surface area (TPSA) is 123 Å². The average Bonchev–Trinajstić information content (AvgIpc) is 3.44. The summed E-state index contributed by atoms with van der Waals surface area (Å²) in [5.41, 5.74) is 1.56. The molecule has 5 rings (SSSR count). The van der Waals surface area contributed by atoms with E-state index in [9.17, 15) is 14.5 Å². The lowest BCUT2D eigenvalue weighted by Crippen LogP contribution is -2.46. The molecule has 0 bridgehead atoms. The van der Waals surface area contributed by atoms with E-state index in [0.29, 0.717) is 16.9 Å². The molecule has 2 aromatic carbocycles. The molecular weight excluding hydrogens is 585 g/mol. The summed E-state index contributed by atoms with van der Waals surface area (Å²) >= 11 is 6.29. The van der Waals surface area contributed by atoms with Crippen molar-refractivity contribution in [2.24, 2.45) is 0 Å². The molecule has 13 heteroatoms. The highest BCUT2D eigenvalue weighted by molar-refractivity contribution is 6.32. The zero-order valence-corrected chi connectivity index (χ0v) is 25.1. The summed E-state index contributed by atoms with van der Waals surface area (Å²) in [6, 6.07) is 12.6. The molecule has 11 nitrogen and oxygen atoms in total. The number of hydrogen-bond donors (Lipinski definition) is 1. The summed E-state index contributed by atoms with van der Waals surface area (Å²) in [4.78, 5) is 15.1. The summed E-state index contributed by atoms with van der Waals surface area (Å²) in [5, 5.41) is 14.7. The number of nitro groups is 1. The van der Waals surface area contributed by atoms with Crippen LogP contribution >= 0.6 is 11.6 Å². The van der Waals surface area contributed by atoms with Gasteiger partial charge in [-0.15, -0.1) is 0 Å². The van der Waals surface area contributed by atoms with Gasteiger partial charge in [-0.05, 0) is 58.0 Å². The fraction of sp³-hybridized carbons (Fsp3) is 0.433. The molecule has 3 aromatic rings. The molecule has 0 unspecified atom stereocenters. The molecule has 1 N–H and O–H groups in total. The standard InChI is InChI=1S/C30H33ClFN3O8/c1-29(2)40-25(15-34-19-11-17(10-18(32)12-19)21-8-6-7-9-33-21)27(42-29)28-26(41-30(3,4)43-28)16-39-23-14-24(38-5)22(35(36)37)13-20(23)31/h6-14,25-28,34H,15-16H2,1-5H3/t25-,26-,27+,28+/m1/s1. The van der Waals surface area contributed by atoms with E-state index in [1.807, 2.05) is 18.2 Å². The van der Waals surface area contributed by atoms with Crippen LogP contribution < -0.4 is 14.8 Å². The van der Waals surface area contributed by atoms with Gasteiger partial charge in [0.2, 0.25) is 5.75 Å². The van der Waals surface area contributed by atoms with Gasteiger partial charge >= 0.3 is 5.69 Å². The van der Waals surface area contributed by atoms with E-state index in [4.69, 9.17) is 40.0 Å². The second kappa shape index (κ2) is 12.2. The molecule has 0 radical (unpaired) electrons. The first-order chi connectivity index (χ1) is 20.3. The Kier molecular flexibility index (Phi) is 8.77. The lowest BCUT2D eigenvalue weighted by Gasteiger charge is -2.26. The van der Waals surface area contributed by atoms with Gasteiger partial charge in [0.25, 0.3) is 0 Å². The van der Waals surface area contributed by atoms with Crippen molar-refractivity contribution >= 4 is 23.0 Å². The van der Waals surface area contributed by atoms with Gasteiger partial charge in [-0.1, -0.05) is 17.7 Å². The maximum atomic E-state index is 14.5. The van der Waals surface area contributed by atoms with Gasteiger partial charge in [-0.25, -0.2) is 4.39 Å². The van der Waals surface area contributed by atoms with E-state index >= 15 is 0 Å². The lowest BCUT2D eigenvalue weighted by molar-refractivity contribution is -0.385. The van der Waals surface area contributed by atoms with Crippen molar-refractivity contribution in [3.8, 4) is 22.8 Å². The number of nitrogens with zero attached hydrogens (tertiary/aromatic N) is 2. The molecule has 43 heavy (non-hydrogen) atoms. The van der Waals surface area contributed by atoms with Crippen molar-refractivity contribution < 1.29 is 37.7 Å². The van der Waals surface area contributed by atoms with Crippen molar-refractivity contribution in [2.75, 3.05) is 25.6 Å². The summed E-state index contributed by atoms with van der Waals surface area (Å²) in [7, 11) is 1.32. The van der Waals surface area contributed by atoms with Crippen LogP contribution in [0.15, 0.2) is 54.7 Å². The Morgan fingerprint density at radius 1 is 1.00 bits per heavy atom. The largest absolute Gasteiger partial charge is 0.490 e. The van der Waals surface area contributed by atoms with Crippen LogP contribution in [0.5, 0.6) is 11.5 Å². The van der Waals surface area contributed by atoms with Crippen LogP contribution in [0.2, 0.25) is 5.02 Å². The highest BCUT2D eigenvalue weighted by Crippen LogP contribution is 2.41. The second-order valence-electron chi connectivity index (χ2n) is 11.1. The quantitative estimate of drug-likeness (QED) is 0.214. The van der Waals surface area contributed by atoms with Crippen molar-refractivity contribution in [1.82, 2.24) is 4.98 Å². The monoisotopic (exact) mass is 617 g/mol. The number of rotatable bonds is 10. The number of nitrogens with one attached hydrogen (secondary N) is 1. The number of pyridine rings is 1. The molecule has 2 saturated heterocycles. The van der Waals surface area contributed by atoms with Crippen LogP contribution in [0.4, 0.5) is 15.8 Å². The van der Waals surface area contributed by atoms with Crippen molar-refractivity contribution in [1.29, 1.82) is 0 Å². The average molecular weight is 618 g/mol. The molecule has 0 aliphatic carbocycles. The Morgan fingerprint density at radius 3 is 2.35 bits per heavy atom. The van der Waals surface area contributed by atoms with Crippen LogP contribution in [0.25, 0.3) is 11.3 Å². The second-order valence-corrected chi connectivity index (χ2v) is 11.5. The maximum Gasteiger partial charge on any atom is 0.312 e. The molecule has 4 atom stereocenters. The summed E-state index contributed by atoms with van der Waals surface area (Å²) in [6.45, 7) is 7.43. The summed E-state index contributed by atoms with van der Waals surface area (Å²) in [5.74, 6) is -2.11. The number of hydrogen-bond acceptors (Lipinski definition) is 10. The first-order valence-electron chi connectivity index (χ1n) is 13.7. The molecule has 3 heterocycles. The molecule has 0 spiro atoms. The molecule has 0 amide bonds. The molecule has 2 aliphatic heterocycles. The van der Waals surface area contributed by atoms with Crippen molar-refractivity contribution in [3.63, 3.8) is 0 Å². The van der Waals surface area contributed by atoms with Crippen LogP contribution in [0.1, 0.15) is 27.7 Å². The number of nitro benzene ring substituents is 1. The number of ether oxygens (including phenoxy) is 6. The summed E-state index contributed by atoms with van der Waals surface area (Å²) < 4.78 is 50.6. The molecule has 1 aromatic heterocycles. The number of benzene rings is 2. The molecule has 2 fully saturated rings. The third kappa shape index (κ3) is 7.16. The molecule has 2 aliphatic rings. The Hall–Kier alpha value is -3.55. The van der Waals surface area contributed by atoms with E-state index in [2.05, 4.69) is 10.3 Å². The smallest absolute Gasteiger partial charge is 0.312 e. The predicted molar refractivity (Wildman–Crippen MR) is 156 cm³/mol. The predicted octanol–water partition coefficient (Wildman–Crippen LogP) is 5.99. The van der Waals surface area contributed by atoms with Crippen molar-refractivity contribution in [3.05, 3.63) is 75.7 Å². The van der Waals surface area contributed by atoms with Gasteiger partial charge < -0.3 is 33.7 Å². The SMILES string of the molecule is COc1cc(OC[C@H]2OC(C)(C)O[C@@H]2[C@H]2OC(C)(C)O[C@@H]2CNc2cc(F)cc(-c3ccccn3)c2)c(Cl)cc1[N+](=O)[O-]. The first-order valence-corrected chi connectivity index (χ1v) is 14.0. The molecule has 0 saturated carbocycles. The number of halogens is 2. The zero-order chi connectivity index (χ0) is 30.9. The molecular formula is C30H33ClFN3O8. The molecule has 230 valence electrons. The van der Waals surface area contributed by atoms with Crippen LogP contribution in [0, 0.1) is 15.9 Å². The maximum absolute atomic E-state index is 14.5. The van der Waals surface area contributed by atoms with E-state index in [-0.39, 0.29) is 35.4 Å². The van der Waals surface area contributed by atoms with Gasteiger partial charge in [0, 0.05) is 36.1 Å². The first kappa shape index (κ1) is 30.9. The van der Waals surface area contributed by atoms with E-state index in [1.165, 1.54) is 31.4 Å². The van der Waals surface area contributed by atoms with E-state index in [0.717, 1.165) is 0 Å². The van der Waals surface area contributed by atoms with E-state index in [1.54, 1.807) is 40.0 Å². The minimum atomic E-state index is -0.968. The van der Waals surface area contributed by atoms with Crippen LogP contribution in [0.3, 0.4) is 0 Å². The third-order valence-corrected chi connectivity index (χ3v) is 7.26. The highest BCUT2D eigenvalue weighted by atomic mass is 35.5. The zero-order valence-electron chi connectivity index (χ0n) is 24.3. The highest BCUT2D eigenvalue weighted by Gasteiger charge is 2.54. The van der Waals surface area contributed by atoms with Gasteiger partial charge in [0.05, 0.1) is 22.7 Å². The van der Waals surface area contributed by atoms with Crippen LogP contribution in [-0.2, 0) is 18.9 Å².